The van der Waals surface area contributed by atoms with Gasteiger partial charge in [0.15, 0.2) is 11.6 Å². The van der Waals surface area contributed by atoms with Crippen molar-refractivity contribution in [3.8, 4) is 0 Å². The van der Waals surface area contributed by atoms with Crippen molar-refractivity contribution in [2.45, 2.75) is 98.8 Å². The quantitative estimate of drug-likeness (QED) is 0.512. The smallest absolute Gasteiger partial charge is 0.159 e. The predicted molar refractivity (Wildman–Crippen MR) is 118 cm³/mol. The van der Waals surface area contributed by atoms with Crippen LogP contribution < -0.4 is 0 Å². The predicted octanol–water partition coefficient (Wildman–Crippen LogP) is 6.78. The van der Waals surface area contributed by atoms with E-state index in [2.05, 4.69) is 34.6 Å². The van der Waals surface area contributed by atoms with Crippen LogP contribution in [0.25, 0.3) is 0 Å². The molecule has 4 aliphatic carbocycles. The first-order valence-corrected chi connectivity index (χ1v) is 12.5. The van der Waals surface area contributed by atoms with Gasteiger partial charge in [-0.15, -0.1) is 0 Å². The summed E-state index contributed by atoms with van der Waals surface area (Å²) in [6, 6.07) is 0. The number of hydrogen-bond acceptors (Lipinski definition) is 2. The SMILES string of the molecule is CC(C)CCC[C@@H](C)[C@H]1CC[C@H]2[C@@H]3C(=O)C=C4C(=O)CCC[C@]4(C)[C@H]3CC[C@]12C. The summed E-state index contributed by atoms with van der Waals surface area (Å²) < 4.78 is 0. The van der Waals surface area contributed by atoms with Crippen molar-refractivity contribution in [3.05, 3.63) is 11.6 Å². The standard InChI is InChI=1S/C27H42O2/c1-17(2)8-6-9-18(3)19-11-12-20-25-21(13-15-27(19,20)5)26(4)14-7-10-23(28)22(26)16-24(25)29/h16-21,25H,6-15H2,1-5H3/t18-,19-,20+,21+,25+,26-,27-/m1/s1. The maximum absolute atomic E-state index is 13.4. The Kier molecular flexibility index (Phi) is 5.62. The van der Waals surface area contributed by atoms with Crippen molar-refractivity contribution >= 4 is 11.6 Å². The minimum Gasteiger partial charge on any atom is -0.295 e. The van der Waals surface area contributed by atoms with E-state index in [0.29, 0.717) is 29.5 Å². The summed E-state index contributed by atoms with van der Waals surface area (Å²) in [7, 11) is 0. The summed E-state index contributed by atoms with van der Waals surface area (Å²) in [5, 5.41) is 0. The third-order valence-corrected chi connectivity index (χ3v) is 9.92. The molecule has 2 heteroatoms. The Morgan fingerprint density at radius 1 is 1.00 bits per heavy atom. The van der Waals surface area contributed by atoms with Crippen LogP contribution in [0.15, 0.2) is 11.6 Å². The molecule has 0 aliphatic heterocycles. The van der Waals surface area contributed by atoms with E-state index in [1.165, 1.54) is 38.5 Å². The first-order chi connectivity index (χ1) is 13.7. The Morgan fingerprint density at radius 2 is 1.76 bits per heavy atom. The van der Waals surface area contributed by atoms with E-state index in [0.717, 1.165) is 42.6 Å². The maximum Gasteiger partial charge on any atom is 0.159 e. The summed E-state index contributed by atoms with van der Waals surface area (Å²) in [6.45, 7) is 12.0. The average molecular weight is 399 g/mol. The number of fused-ring (bicyclic) bond motifs is 5. The van der Waals surface area contributed by atoms with Crippen LogP contribution in [0.1, 0.15) is 98.8 Å². The minimum absolute atomic E-state index is 0.0454. The molecule has 0 aromatic rings. The lowest BCUT2D eigenvalue weighted by molar-refractivity contribution is -0.137. The number of allylic oxidation sites excluding steroid dienone is 2. The van der Waals surface area contributed by atoms with E-state index in [1.807, 2.05) is 6.08 Å². The van der Waals surface area contributed by atoms with E-state index in [-0.39, 0.29) is 17.1 Å². The lowest BCUT2D eigenvalue weighted by atomic mass is 9.46. The van der Waals surface area contributed by atoms with Gasteiger partial charge in [-0.3, -0.25) is 9.59 Å². The third-order valence-electron chi connectivity index (χ3n) is 9.92. The van der Waals surface area contributed by atoms with Crippen LogP contribution in [-0.4, -0.2) is 11.6 Å². The molecule has 0 aromatic carbocycles. The zero-order valence-electron chi connectivity index (χ0n) is 19.4. The molecule has 4 rings (SSSR count). The highest BCUT2D eigenvalue weighted by Gasteiger charge is 2.61. The molecule has 0 N–H and O–H groups in total. The van der Waals surface area contributed by atoms with Gasteiger partial charge >= 0.3 is 0 Å². The van der Waals surface area contributed by atoms with Gasteiger partial charge < -0.3 is 0 Å². The van der Waals surface area contributed by atoms with Gasteiger partial charge in [0.05, 0.1) is 0 Å². The first-order valence-electron chi connectivity index (χ1n) is 12.5. The van der Waals surface area contributed by atoms with Crippen molar-refractivity contribution in [2.75, 3.05) is 0 Å². The van der Waals surface area contributed by atoms with Gasteiger partial charge in [0.1, 0.15) is 0 Å². The topological polar surface area (TPSA) is 34.1 Å². The second-order valence-corrected chi connectivity index (χ2v) is 11.9. The molecule has 3 saturated carbocycles. The van der Waals surface area contributed by atoms with Crippen molar-refractivity contribution in [1.82, 2.24) is 0 Å². The van der Waals surface area contributed by atoms with Crippen LogP contribution in [0.5, 0.6) is 0 Å². The second-order valence-electron chi connectivity index (χ2n) is 11.9. The fourth-order valence-electron chi connectivity index (χ4n) is 8.35. The molecular formula is C27H42O2. The largest absolute Gasteiger partial charge is 0.295 e. The Hall–Kier alpha value is -0.920. The number of carbonyl (C=O) groups is 2. The molecular weight excluding hydrogens is 356 g/mol. The van der Waals surface area contributed by atoms with Crippen molar-refractivity contribution in [1.29, 1.82) is 0 Å². The maximum atomic E-state index is 13.4. The van der Waals surface area contributed by atoms with E-state index in [4.69, 9.17) is 0 Å². The molecule has 0 heterocycles. The molecule has 0 saturated heterocycles. The lowest BCUT2D eigenvalue weighted by Crippen LogP contribution is -2.54. The third kappa shape index (κ3) is 3.37. The van der Waals surface area contributed by atoms with Crippen molar-refractivity contribution < 1.29 is 9.59 Å². The molecule has 3 fully saturated rings. The fourth-order valence-corrected chi connectivity index (χ4v) is 8.35. The van der Waals surface area contributed by atoms with E-state index in [1.54, 1.807) is 0 Å². The highest BCUT2D eigenvalue weighted by atomic mass is 16.1. The average Bonchev–Trinajstić information content (AvgIpc) is 3.00. The Morgan fingerprint density at radius 3 is 2.48 bits per heavy atom. The van der Waals surface area contributed by atoms with Crippen LogP contribution in [-0.2, 0) is 9.59 Å². The van der Waals surface area contributed by atoms with Crippen LogP contribution in [0.4, 0.5) is 0 Å². The second kappa shape index (κ2) is 7.65. The molecule has 7 atom stereocenters. The summed E-state index contributed by atoms with van der Waals surface area (Å²) >= 11 is 0. The zero-order chi connectivity index (χ0) is 21.0. The minimum atomic E-state index is -0.0454. The summed E-state index contributed by atoms with van der Waals surface area (Å²) in [4.78, 5) is 26.0. The number of ketones is 2. The lowest BCUT2D eigenvalue weighted by Gasteiger charge is -2.56. The highest BCUT2D eigenvalue weighted by Crippen LogP contribution is 2.66. The molecule has 4 aliphatic rings. The highest BCUT2D eigenvalue weighted by molar-refractivity contribution is 6.06. The van der Waals surface area contributed by atoms with Crippen LogP contribution in [0.3, 0.4) is 0 Å². The zero-order valence-corrected chi connectivity index (χ0v) is 19.4. The fraction of sp³-hybridized carbons (Fsp3) is 0.852. The summed E-state index contributed by atoms with van der Waals surface area (Å²) in [5.74, 6) is 3.95. The molecule has 0 spiro atoms. The van der Waals surface area contributed by atoms with Gasteiger partial charge in [-0.2, -0.15) is 0 Å². The number of Topliss-reactive ketones (excluding diaryl/α,β-unsaturated/α-hetero) is 1. The molecule has 162 valence electrons. The molecule has 0 amide bonds. The number of rotatable bonds is 5. The van der Waals surface area contributed by atoms with Gasteiger partial charge in [-0.05, 0) is 85.0 Å². The molecule has 0 bridgehead atoms. The number of hydrogen-bond donors (Lipinski definition) is 0. The molecule has 29 heavy (non-hydrogen) atoms. The molecule has 0 aromatic heterocycles. The van der Waals surface area contributed by atoms with Crippen LogP contribution in [0.2, 0.25) is 0 Å². The summed E-state index contributed by atoms with van der Waals surface area (Å²) in [5.41, 5.74) is 1.15. The summed E-state index contributed by atoms with van der Waals surface area (Å²) in [6.07, 6.45) is 13.5. The molecule has 2 nitrogen and oxygen atoms in total. The van der Waals surface area contributed by atoms with Gasteiger partial charge in [-0.25, -0.2) is 0 Å². The van der Waals surface area contributed by atoms with Gasteiger partial charge in [-0.1, -0.05) is 53.9 Å². The molecule has 0 radical (unpaired) electrons. The van der Waals surface area contributed by atoms with Crippen LogP contribution in [0, 0.1) is 46.3 Å². The molecule has 0 unspecified atom stereocenters. The Balaban J connectivity index is 1.57. The normalized spacial score (nSPS) is 42.9. The van der Waals surface area contributed by atoms with E-state index >= 15 is 0 Å². The monoisotopic (exact) mass is 398 g/mol. The first kappa shape index (κ1) is 21.3. The number of carbonyl (C=O) groups excluding carboxylic acids is 2. The van der Waals surface area contributed by atoms with Gasteiger partial charge in [0, 0.05) is 17.9 Å². The Labute approximate surface area is 178 Å². The van der Waals surface area contributed by atoms with Crippen molar-refractivity contribution in [3.63, 3.8) is 0 Å². The van der Waals surface area contributed by atoms with Gasteiger partial charge in [0.25, 0.3) is 0 Å². The van der Waals surface area contributed by atoms with E-state index < -0.39 is 0 Å². The van der Waals surface area contributed by atoms with Crippen LogP contribution >= 0.6 is 0 Å². The van der Waals surface area contributed by atoms with E-state index in [9.17, 15) is 9.59 Å². The van der Waals surface area contributed by atoms with Gasteiger partial charge in [0.2, 0.25) is 0 Å². The Bertz CT molecular complexity index is 703. The van der Waals surface area contributed by atoms with Crippen molar-refractivity contribution in [2.24, 2.45) is 46.3 Å².